The molecule has 1 aromatic rings. The van der Waals surface area contributed by atoms with Crippen molar-refractivity contribution in [1.82, 2.24) is 10.2 Å². The largest absolute Gasteiger partial charge is 0.480 e. The van der Waals surface area contributed by atoms with Crippen LogP contribution in [-0.4, -0.2) is 128 Å². The van der Waals surface area contributed by atoms with Crippen LogP contribution in [0.1, 0.15) is 5.56 Å². The van der Waals surface area contributed by atoms with Crippen molar-refractivity contribution in [2.24, 2.45) is 4.99 Å². The van der Waals surface area contributed by atoms with Gasteiger partial charge < -0.3 is 30.0 Å². The number of benzene rings is 1. The minimum absolute atomic E-state index is 0.153. The average Bonchev–Trinajstić information content (AvgIpc) is 2.75. The zero-order chi connectivity index (χ0) is 28.0. The number of hydrogen-bond donors (Lipinski definition) is 6. The monoisotopic (exact) mass is 541 g/mol. The van der Waals surface area contributed by atoms with Gasteiger partial charge in [-0.25, -0.2) is 9.59 Å². The first-order chi connectivity index (χ1) is 17.3. The summed E-state index contributed by atoms with van der Waals surface area (Å²) < 4.78 is -0.592. The molecule has 0 saturated heterocycles. The Morgan fingerprint density at radius 2 is 1.43 bits per heavy atom. The summed E-state index contributed by atoms with van der Waals surface area (Å²) in [6.07, 6.45) is 0.196. The average molecular weight is 542 g/mol. The zero-order valence-corrected chi connectivity index (χ0v) is 20.6. The van der Waals surface area contributed by atoms with Crippen LogP contribution in [0.5, 0.6) is 0 Å². The van der Waals surface area contributed by atoms with Crippen LogP contribution in [0.3, 0.4) is 0 Å². The van der Waals surface area contributed by atoms with E-state index >= 15 is 0 Å². The number of nitrogens with zero attached hydrogens (tertiary/aromatic N) is 3. The summed E-state index contributed by atoms with van der Waals surface area (Å²) in [4.78, 5) is 61.9. The van der Waals surface area contributed by atoms with Crippen LogP contribution in [0.4, 0.5) is 5.69 Å². The molecule has 1 aromatic carbocycles. The minimum atomic E-state index is -1.33. The lowest BCUT2D eigenvalue weighted by molar-refractivity contribution is -0.915. The standard InChI is InChI=1S/C22H28N4O10S/c27-18(28)8-23-17(7-15-1-3-16(4-2-15)24-14-37)11-26(12-21(33)34,13-22(35)36)6-5-25(9-19(29)30)10-20(31)32/h1-4,17,23H,5-13H2,(H4-,27,28,29,30,31,32,33,34,35,36)/p+1. The smallest absolute Gasteiger partial charge is 0.359 e. The number of carboxylic acid groups (broad SMARTS) is 5. The third kappa shape index (κ3) is 13.2. The summed E-state index contributed by atoms with van der Waals surface area (Å²) in [7, 11) is 0. The van der Waals surface area contributed by atoms with Crippen LogP contribution in [0.15, 0.2) is 29.3 Å². The number of rotatable bonds is 19. The van der Waals surface area contributed by atoms with Crippen molar-refractivity contribution < 1.29 is 54.0 Å². The number of aliphatic imine (C=N–C) groups is 1. The number of thiocarbonyl (C=S) groups is 1. The van der Waals surface area contributed by atoms with E-state index in [4.69, 9.17) is 15.3 Å². The Bertz CT molecular complexity index is 995. The fourth-order valence-electron chi connectivity index (χ4n) is 3.90. The summed E-state index contributed by atoms with van der Waals surface area (Å²) in [6.45, 7) is -3.72. The Labute approximate surface area is 217 Å². The van der Waals surface area contributed by atoms with Gasteiger partial charge in [-0.05, 0) is 36.3 Å². The normalized spacial score (nSPS) is 11.9. The van der Waals surface area contributed by atoms with Gasteiger partial charge in [0, 0.05) is 6.54 Å². The van der Waals surface area contributed by atoms with Crippen molar-refractivity contribution in [1.29, 1.82) is 0 Å². The molecule has 202 valence electrons. The molecule has 0 fully saturated rings. The van der Waals surface area contributed by atoms with E-state index in [1.54, 1.807) is 24.3 Å². The third-order valence-corrected chi connectivity index (χ3v) is 5.38. The van der Waals surface area contributed by atoms with Crippen molar-refractivity contribution in [2.45, 2.75) is 12.5 Å². The highest BCUT2D eigenvalue weighted by atomic mass is 32.1. The van der Waals surface area contributed by atoms with Gasteiger partial charge in [-0.1, -0.05) is 12.1 Å². The number of isothiocyanates is 1. The summed E-state index contributed by atoms with van der Waals surface area (Å²) in [5.41, 5.74) is 1.25. The van der Waals surface area contributed by atoms with Gasteiger partial charge in [0.05, 0.1) is 49.6 Å². The van der Waals surface area contributed by atoms with Crippen molar-refractivity contribution in [3.05, 3.63) is 29.8 Å². The van der Waals surface area contributed by atoms with E-state index < -0.39 is 73.1 Å². The molecule has 0 aliphatic heterocycles. The lowest BCUT2D eigenvalue weighted by atomic mass is 10.0. The number of carboxylic acids is 5. The van der Waals surface area contributed by atoms with Crippen molar-refractivity contribution >= 4 is 52.9 Å². The fourth-order valence-corrected chi connectivity index (χ4v) is 4.01. The molecule has 14 nitrogen and oxygen atoms in total. The Balaban J connectivity index is 3.31. The molecule has 0 radical (unpaired) electrons. The van der Waals surface area contributed by atoms with Gasteiger partial charge in [-0.15, -0.1) is 0 Å². The van der Waals surface area contributed by atoms with Crippen LogP contribution in [0, 0.1) is 0 Å². The number of hydrogen-bond acceptors (Lipinski definition) is 9. The summed E-state index contributed by atoms with van der Waals surface area (Å²) in [6, 6.07) is 5.99. The summed E-state index contributed by atoms with van der Waals surface area (Å²) in [5.74, 6) is -6.46. The molecule has 1 rings (SSSR count). The molecule has 15 heteroatoms. The van der Waals surface area contributed by atoms with Gasteiger partial charge in [-0.3, -0.25) is 24.6 Å². The van der Waals surface area contributed by atoms with E-state index in [-0.39, 0.29) is 26.1 Å². The van der Waals surface area contributed by atoms with Crippen LogP contribution in [0.2, 0.25) is 0 Å². The maximum atomic E-state index is 11.8. The Hall–Kier alpha value is -3.75. The molecule has 0 aromatic heterocycles. The molecule has 0 aliphatic carbocycles. The number of nitrogens with one attached hydrogen (secondary N) is 1. The SMILES string of the molecule is O=C(O)CNC(Cc1ccc(N=C=S)cc1)C[N+](CCN(CC(=O)O)CC(=O)O)(CC(=O)O)CC(=O)O. The third-order valence-electron chi connectivity index (χ3n) is 5.29. The van der Waals surface area contributed by atoms with E-state index in [2.05, 4.69) is 27.7 Å². The van der Waals surface area contributed by atoms with Crippen LogP contribution in [-0.2, 0) is 30.4 Å². The highest BCUT2D eigenvalue weighted by Gasteiger charge is 2.37. The molecular formula is C22H29N4O10S+. The van der Waals surface area contributed by atoms with Gasteiger partial charge in [0.15, 0.2) is 13.1 Å². The molecule has 0 saturated carbocycles. The van der Waals surface area contributed by atoms with Gasteiger partial charge in [0.25, 0.3) is 0 Å². The fraction of sp³-hybridized carbons (Fsp3) is 0.455. The summed E-state index contributed by atoms with van der Waals surface area (Å²) in [5, 5.41) is 51.5. The molecule has 6 N–H and O–H groups in total. The van der Waals surface area contributed by atoms with Gasteiger partial charge in [0.1, 0.15) is 0 Å². The molecule has 0 amide bonds. The maximum absolute atomic E-state index is 11.8. The first-order valence-corrected chi connectivity index (χ1v) is 11.3. The first kappa shape index (κ1) is 31.3. The van der Waals surface area contributed by atoms with Gasteiger partial charge in [-0.2, -0.15) is 4.99 Å². The van der Waals surface area contributed by atoms with Crippen molar-refractivity contribution in [2.75, 3.05) is 52.4 Å². The predicted octanol–water partition coefficient (Wildman–Crippen LogP) is -0.537. The predicted molar refractivity (Wildman–Crippen MR) is 131 cm³/mol. The second-order valence-electron chi connectivity index (χ2n) is 8.39. The maximum Gasteiger partial charge on any atom is 0.359 e. The Morgan fingerprint density at radius 3 is 1.86 bits per heavy atom. The molecule has 0 spiro atoms. The van der Waals surface area contributed by atoms with Gasteiger partial charge >= 0.3 is 29.8 Å². The highest BCUT2D eigenvalue weighted by Crippen LogP contribution is 2.16. The van der Waals surface area contributed by atoms with E-state index in [1.807, 2.05) is 0 Å². The Kier molecular flexibility index (Phi) is 13.0. The van der Waals surface area contributed by atoms with Crippen molar-refractivity contribution in [3.63, 3.8) is 0 Å². The Morgan fingerprint density at radius 1 is 0.892 bits per heavy atom. The van der Waals surface area contributed by atoms with Gasteiger partial charge in [0.2, 0.25) is 0 Å². The number of quaternary nitrogens is 1. The number of aliphatic carboxylic acids is 5. The van der Waals surface area contributed by atoms with Crippen molar-refractivity contribution in [3.8, 4) is 0 Å². The van der Waals surface area contributed by atoms with Crippen LogP contribution >= 0.6 is 12.2 Å². The highest BCUT2D eigenvalue weighted by molar-refractivity contribution is 7.78. The van der Waals surface area contributed by atoms with E-state index in [0.29, 0.717) is 11.3 Å². The lowest BCUT2D eigenvalue weighted by Gasteiger charge is -2.39. The first-order valence-electron chi connectivity index (χ1n) is 10.9. The summed E-state index contributed by atoms with van der Waals surface area (Å²) >= 11 is 4.56. The topological polar surface area (TPSA) is 214 Å². The molecule has 0 aliphatic rings. The van der Waals surface area contributed by atoms with E-state index in [0.717, 1.165) is 4.90 Å². The zero-order valence-electron chi connectivity index (χ0n) is 19.8. The second kappa shape index (κ2) is 15.4. The second-order valence-corrected chi connectivity index (χ2v) is 8.58. The number of carbonyl (C=O) groups is 5. The quantitative estimate of drug-likeness (QED) is 0.0738. The molecule has 1 unspecified atom stereocenters. The van der Waals surface area contributed by atoms with Crippen LogP contribution < -0.4 is 5.32 Å². The molecule has 1 atom stereocenters. The van der Waals surface area contributed by atoms with Crippen LogP contribution in [0.25, 0.3) is 0 Å². The minimum Gasteiger partial charge on any atom is -0.480 e. The molecular weight excluding hydrogens is 512 g/mol. The van der Waals surface area contributed by atoms with E-state index in [9.17, 15) is 34.2 Å². The molecule has 0 heterocycles. The molecule has 37 heavy (non-hydrogen) atoms. The van der Waals surface area contributed by atoms with E-state index in [1.165, 1.54) is 0 Å². The molecule has 0 bridgehead atoms. The lowest BCUT2D eigenvalue weighted by Crippen LogP contribution is -2.62.